The zero-order valence-corrected chi connectivity index (χ0v) is 33.2. The van der Waals surface area contributed by atoms with Crippen molar-refractivity contribution in [2.45, 2.75) is 71.1 Å². The molecule has 8 rings (SSSR count). The van der Waals surface area contributed by atoms with Gasteiger partial charge in [-0.1, -0.05) is 95.3 Å². The van der Waals surface area contributed by atoms with E-state index in [0.29, 0.717) is 17.5 Å². The second-order valence-corrected chi connectivity index (χ2v) is 16.9. The van der Waals surface area contributed by atoms with Gasteiger partial charge < -0.3 is 20.8 Å². The molecule has 2 aliphatic heterocycles. The minimum atomic E-state index is -0.600. The number of para-hydroxylation sites is 3. The highest BCUT2D eigenvalue weighted by Crippen LogP contribution is 2.46. The molecule has 0 fully saturated rings. The van der Waals surface area contributed by atoms with Crippen LogP contribution in [0.25, 0.3) is 0 Å². The third kappa shape index (κ3) is 6.86. The van der Waals surface area contributed by atoms with E-state index >= 15 is 0 Å². The molecule has 8 heteroatoms. The van der Waals surface area contributed by atoms with Crippen LogP contribution in [0.1, 0.15) is 101 Å². The van der Waals surface area contributed by atoms with Gasteiger partial charge in [-0.25, -0.2) is 0 Å². The number of phenolic OH excluding ortho intramolecular Hbond substituents is 2. The first-order chi connectivity index (χ1) is 27.2. The summed E-state index contributed by atoms with van der Waals surface area (Å²) < 4.78 is 0. The van der Waals surface area contributed by atoms with Crippen molar-refractivity contribution in [2.75, 3.05) is 20.4 Å². The summed E-state index contributed by atoms with van der Waals surface area (Å²) in [5.74, 6) is 0.197. The van der Waals surface area contributed by atoms with Crippen LogP contribution in [0.2, 0.25) is 0 Å². The highest BCUT2D eigenvalue weighted by atomic mass is 16.3. The Labute approximate surface area is 334 Å². The molecule has 0 bridgehead atoms. The molecule has 57 heavy (non-hydrogen) atoms. The number of nitrogens with zero attached hydrogens (tertiary/aromatic N) is 2. The topological polar surface area (TPSA) is 105 Å². The Morgan fingerprint density at radius 1 is 0.579 bits per heavy atom. The Balaban J connectivity index is 1.20. The van der Waals surface area contributed by atoms with Gasteiger partial charge in [0.25, 0.3) is 11.8 Å². The smallest absolute Gasteiger partial charge is 0.262 e. The van der Waals surface area contributed by atoms with Gasteiger partial charge in [0.05, 0.1) is 11.1 Å². The van der Waals surface area contributed by atoms with Gasteiger partial charge in [0, 0.05) is 28.3 Å². The summed E-state index contributed by atoms with van der Waals surface area (Å²) in [6, 6.07) is 42.3. The fraction of sp³-hybridized carbons (Fsp3) is 0.224. The van der Waals surface area contributed by atoms with Crippen molar-refractivity contribution >= 4 is 34.6 Å². The highest BCUT2D eigenvalue weighted by molar-refractivity contribution is 6.13. The van der Waals surface area contributed by atoms with Gasteiger partial charge in [0.1, 0.15) is 23.8 Å². The number of rotatable bonds is 7. The maximum Gasteiger partial charge on any atom is 0.262 e. The number of carbonyl (C=O) groups is 2. The number of nitrogens with one attached hydrogen (secondary N) is 2. The minimum absolute atomic E-state index is 0.103. The quantitative estimate of drug-likeness (QED) is 0.129. The predicted octanol–water partition coefficient (Wildman–Crippen LogP) is 10.8. The lowest BCUT2D eigenvalue weighted by atomic mass is 9.74. The molecule has 2 heterocycles. The SMILES string of the molecule is Cc1cc(C2Nc3ccccc3C(=O)N2c2cccc(CC(C)(C)c3cc(C4Nc5ccccc5C(=O)N4c4ccccc4)cc(C(C)(C)C)c3O)c2)ccc1O. The molecule has 0 saturated carbocycles. The van der Waals surface area contributed by atoms with Gasteiger partial charge in [-0.15, -0.1) is 0 Å². The lowest BCUT2D eigenvalue weighted by molar-refractivity contribution is 0.0967. The molecule has 0 saturated heterocycles. The van der Waals surface area contributed by atoms with Crippen molar-refractivity contribution in [3.63, 3.8) is 0 Å². The molecule has 288 valence electrons. The van der Waals surface area contributed by atoms with E-state index in [1.165, 1.54) is 0 Å². The number of hydrogen-bond acceptors (Lipinski definition) is 6. The third-order valence-electron chi connectivity index (χ3n) is 11.2. The van der Waals surface area contributed by atoms with Crippen LogP contribution in [0.15, 0.2) is 133 Å². The highest BCUT2D eigenvalue weighted by Gasteiger charge is 2.38. The average molecular weight is 757 g/mol. The zero-order valence-electron chi connectivity index (χ0n) is 33.2. The number of carbonyl (C=O) groups excluding carboxylic acids is 2. The number of aryl methyl sites for hydroxylation is 1. The largest absolute Gasteiger partial charge is 0.508 e. The van der Waals surface area contributed by atoms with Crippen molar-refractivity contribution in [1.29, 1.82) is 0 Å². The van der Waals surface area contributed by atoms with Crippen LogP contribution in [0.5, 0.6) is 11.5 Å². The second-order valence-electron chi connectivity index (χ2n) is 16.9. The molecule has 0 spiro atoms. The Hall–Kier alpha value is -6.54. The maximum atomic E-state index is 14.3. The lowest BCUT2D eigenvalue weighted by Crippen LogP contribution is -2.43. The number of aromatic hydroxyl groups is 2. The fourth-order valence-corrected chi connectivity index (χ4v) is 8.27. The van der Waals surface area contributed by atoms with E-state index in [9.17, 15) is 19.8 Å². The van der Waals surface area contributed by atoms with Crippen molar-refractivity contribution in [2.24, 2.45) is 0 Å². The third-order valence-corrected chi connectivity index (χ3v) is 11.2. The van der Waals surface area contributed by atoms with Gasteiger partial charge in [0.15, 0.2) is 0 Å². The Kier molecular flexibility index (Phi) is 9.31. The van der Waals surface area contributed by atoms with E-state index in [2.05, 4.69) is 57.4 Å². The fourth-order valence-electron chi connectivity index (χ4n) is 8.27. The first-order valence-electron chi connectivity index (χ1n) is 19.4. The summed E-state index contributed by atoms with van der Waals surface area (Å²) in [6.45, 7) is 12.4. The average Bonchev–Trinajstić information content (AvgIpc) is 3.18. The number of phenols is 2. The van der Waals surface area contributed by atoms with Crippen molar-refractivity contribution in [3.05, 3.63) is 178 Å². The molecule has 4 N–H and O–H groups in total. The van der Waals surface area contributed by atoms with E-state index in [1.54, 1.807) is 15.9 Å². The molecule has 6 aromatic carbocycles. The van der Waals surface area contributed by atoms with E-state index in [0.717, 1.165) is 56.1 Å². The molecular formula is C49H48N4O4. The number of hydrogen-bond donors (Lipinski definition) is 4. The summed E-state index contributed by atoms with van der Waals surface area (Å²) in [4.78, 5) is 32.2. The van der Waals surface area contributed by atoms with Crippen LogP contribution in [-0.2, 0) is 17.3 Å². The lowest BCUT2D eigenvalue weighted by Gasteiger charge is -2.40. The molecule has 2 aliphatic rings. The van der Waals surface area contributed by atoms with Crippen LogP contribution in [0.3, 0.4) is 0 Å². The van der Waals surface area contributed by atoms with Gasteiger partial charge in [-0.05, 0) is 125 Å². The van der Waals surface area contributed by atoms with Crippen LogP contribution in [0, 0.1) is 6.92 Å². The molecule has 0 aliphatic carbocycles. The van der Waals surface area contributed by atoms with E-state index in [4.69, 9.17) is 0 Å². The second kappa shape index (κ2) is 14.2. The standard InChI is InChI=1S/C49H48N4O4/c1-30-25-32(23-24-42(30)54)44-50-40-21-12-11-20-37(40)47(57)53(44)35-18-14-15-31(26-35)29-49(5,6)39-28-33(27-38(43(39)55)48(2,3)4)45-51-41-22-13-10-19-36(41)46(56)52(45)34-16-8-7-9-17-34/h7-28,44-45,50-51,54-55H,29H2,1-6H3. The molecule has 0 radical (unpaired) electrons. The van der Waals surface area contributed by atoms with Crippen molar-refractivity contribution in [1.82, 2.24) is 0 Å². The molecule has 2 unspecified atom stereocenters. The number of amides is 2. The normalized spacial score (nSPS) is 16.7. The summed E-state index contributed by atoms with van der Waals surface area (Å²) in [7, 11) is 0. The Morgan fingerprint density at radius 3 is 1.74 bits per heavy atom. The van der Waals surface area contributed by atoms with Crippen LogP contribution in [0.4, 0.5) is 22.7 Å². The van der Waals surface area contributed by atoms with E-state index in [1.807, 2.05) is 122 Å². The number of benzene rings is 6. The molecule has 8 nitrogen and oxygen atoms in total. The van der Waals surface area contributed by atoms with Gasteiger partial charge in [-0.2, -0.15) is 0 Å². The van der Waals surface area contributed by atoms with Crippen LogP contribution >= 0.6 is 0 Å². The van der Waals surface area contributed by atoms with Gasteiger partial charge in [-0.3, -0.25) is 19.4 Å². The Bertz CT molecular complexity index is 2520. The van der Waals surface area contributed by atoms with Crippen LogP contribution in [-0.4, -0.2) is 22.0 Å². The summed E-state index contributed by atoms with van der Waals surface area (Å²) in [5.41, 5.74) is 8.11. The van der Waals surface area contributed by atoms with E-state index in [-0.39, 0.29) is 23.3 Å². The zero-order chi connectivity index (χ0) is 40.2. The molecular weight excluding hydrogens is 709 g/mol. The Morgan fingerprint density at radius 2 is 1.12 bits per heavy atom. The first kappa shape index (κ1) is 37.4. The summed E-state index contributed by atoms with van der Waals surface area (Å²) in [6.07, 6.45) is -0.526. The first-order valence-corrected chi connectivity index (χ1v) is 19.4. The number of fused-ring (bicyclic) bond motifs is 2. The van der Waals surface area contributed by atoms with Gasteiger partial charge in [0.2, 0.25) is 0 Å². The van der Waals surface area contributed by atoms with Gasteiger partial charge >= 0.3 is 0 Å². The molecule has 6 aromatic rings. The van der Waals surface area contributed by atoms with Crippen molar-refractivity contribution in [3.8, 4) is 11.5 Å². The number of anilines is 4. The summed E-state index contributed by atoms with van der Waals surface area (Å²) >= 11 is 0. The summed E-state index contributed by atoms with van der Waals surface area (Å²) in [5, 5.41) is 29.7. The maximum absolute atomic E-state index is 14.3. The predicted molar refractivity (Wildman–Crippen MR) is 228 cm³/mol. The minimum Gasteiger partial charge on any atom is -0.508 e. The molecule has 2 amide bonds. The monoisotopic (exact) mass is 756 g/mol. The van der Waals surface area contributed by atoms with Crippen molar-refractivity contribution < 1.29 is 19.8 Å². The van der Waals surface area contributed by atoms with Crippen LogP contribution < -0.4 is 20.4 Å². The van der Waals surface area contributed by atoms with E-state index < -0.39 is 23.2 Å². The molecule has 2 atom stereocenters. The molecule has 0 aromatic heterocycles.